The van der Waals surface area contributed by atoms with Gasteiger partial charge in [0, 0.05) is 171 Å². The van der Waals surface area contributed by atoms with Gasteiger partial charge in [-0.15, -0.1) is 0 Å². The first-order valence-electron chi connectivity index (χ1n) is 51.6. The van der Waals surface area contributed by atoms with Crippen LogP contribution in [0.3, 0.4) is 0 Å². The number of hydrogen-bond acceptors (Lipinski definition) is 28. The first kappa shape index (κ1) is 117. The van der Waals surface area contributed by atoms with Crippen LogP contribution in [0.1, 0.15) is 174 Å². The van der Waals surface area contributed by atoms with Crippen LogP contribution in [0.2, 0.25) is 0 Å². The second-order valence-corrected chi connectivity index (χ2v) is 38.6. The number of rotatable bonds is 45. The van der Waals surface area contributed by atoms with Gasteiger partial charge in [-0.2, -0.15) is 0 Å². The summed E-state index contributed by atoms with van der Waals surface area (Å²) in [5, 5.41) is 34.2. The van der Waals surface area contributed by atoms with Gasteiger partial charge in [0.2, 0.25) is 76.7 Å². The van der Waals surface area contributed by atoms with E-state index in [1.807, 2.05) is 79.4 Å². The number of fused-ring (bicyclic) bond motifs is 1. The van der Waals surface area contributed by atoms with E-state index in [0.717, 1.165) is 43.1 Å². The molecule has 4 aromatic heterocycles. The van der Waals surface area contributed by atoms with Crippen LogP contribution in [0, 0.1) is 18.3 Å². The number of guanidine groups is 1. The molecule has 3 aliphatic heterocycles. The fourth-order valence-corrected chi connectivity index (χ4v) is 18.6. The fourth-order valence-electron chi connectivity index (χ4n) is 18.2. The Labute approximate surface area is 875 Å². The third-order valence-corrected chi connectivity index (χ3v) is 26.8. The lowest BCUT2D eigenvalue weighted by molar-refractivity contribution is -0.145. The number of aryl methyl sites for hydroxylation is 2. The predicted octanol–water partition coefficient (Wildman–Crippen LogP) is 4.04. The van der Waals surface area contributed by atoms with E-state index in [9.17, 15) is 38.4 Å². The molecule has 8 atom stereocenters. The second kappa shape index (κ2) is 64.1. The molecule has 3 fully saturated rings. The van der Waals surface area contributed by atoms with Crippen molar-refractivity contribution < 1.29 is 95.5 Å². The molecule has 7 heterocycles. The van der Waals surface area contributed by atoms with E-state index < -0.39 is 114 Å². The highest BCUT2D eigenvalue weighted by atomic mass is 32.1. The Morgan fingerprint density at radius 3 is 1.94 bits per heavy atom. The molecular weight excluding hydrogens is 1930 g/mol. The molecule has 43 heteroatoms. The van der Waals surface area contributed by atoms with Crippen molar-refractivity contribution in [3.05, 3.63) is 173 Å². The number of carbonyl (C=O) groups excluding carboxylic acids is 14. The van der Waals surface area contributed by atoms with E-state index in [2.05, 4.69) is 82.6 Å². The molecule has 3 saturated heterocycles. The summed E-state index contributed by atoms with van der Waals surface area (Å²) in [6.45, 7) is 11.1. The number of aromatic amines is 2. The number of amides is 11. The Morgan fingerprint density at radius 1 is 0.604 bits per heavy atom. The third-order valence-electron chi connectivity index (χ3n) is 26.5. The van der Waals surface area contributed by atoms with Gasteiger partial charge in [-0.05, 0) is 136 Å². The maximum atomic E-state index is 15.5. The summed E-state index contributed by atoms with van der Waals surface area (Å²) >= 11 is 5.99. The molecule has 0 bridgehead atoms. The number of Topliss-reactive ketones (excluding diaryl/α,β-unsaturated/α-hetero) is 1. The van der Waals surface area contributed by atoms with Gasteiger partial charge >= 0.3 is 0 Å². The molecule has 0 aliphatic carbocycles. The van der Waals surface area contributed by atoms with Gasteiger partial charge in [0.25, 0.3) is 12.9 Å². The number of aromatic nitrogens is 5. The molecule has 3 aliphatic rings. The van der Waals surface area contributed by atoms with Gasteiger partial charge in [0.1, 0.15) is 48.1 Å². The van der Waals surface area contributed by atoms with Crippen molar-refractivity contribution in [2.45, 2.75) is 229 Å². The number of ketones is 1. The number of H-pyrrole nitrogens is 2. The smallest absolute Gasteiger partial charge is 0.299 e. The largest absolute Gasteiger partial charge is 0.410 e. The Kier molecular flexibility index (Phi) is 50.5. The number of hydrogen-bond donors (Lipinski definition) is 14. The minimum Gasteiger partial charge on any atom is -0.410 e. The second-order valence-electron chi connectivity index (χ2n) is 38.0. The Bertz CT molecular complexity index is 5460. The molecule has 0 saturated carbocycles. The number of nitrogens with one attached hydrogen (secondary N) is 12. The Hall–Kier alpha value is -13.4. The average molecular weight is 2080 g/mol. The van der Waals surface area contributed by atoms with Gasteiger partial charge in [-0.25, -0.2) is 15.0 Å². The molecule has 42 nitrogen and oxygen atoms in total. The number of likely N-dealkylation sites (tertiary alicyclic amines) is 1. The van der Waals surface area contributed by atoms with Gasteiger partial charge in [0.05, 0.1) is 90.1 Å². The number of ether oxygens (including phenoxy) is 6. The van der Waals surface area contributed by atoms with Crippen LogP contribution in [-0.4, -0.2) is 325 Å². The van der Waals surface area contributed by atoms with Gasteiger partial charge < -0.3 is 108 Å². The number of carbonyl (C=O) groups is 14. The van der Waals surface area contributed by atoms with Crippen LogP contribution < -0.4 is 68.8 Å². The van der Waals surface area contributed by atoms with Crippen LogP contribution in [0.15, 0.2) is 128 Å². The number of para-hydroxylation sites is 1. The molecule has 7 aromatic rings. The van der Waals surface area contributed by atoms with Crippen LogP contribution in [0.4, 0.5) is 0 Å². The molecule has 10 rings (SSSR count). The first-order valence-corrected chi connectivity index (χ1v) is 52.0. The molecule has 11 amide bonds. The number of primary amides is 1. The lowest BCUT2D eigenvalue weighted by Crippen LogP contribution is -2.61. The maximum Gasteiger partial charge on any atom is 0.299 e. The highest BCUT2D eigenvalue weighted by Crippen LogP contribution is 2.26. The quantitative estimate of drug-likeness (QED) is 0.00842. The molecule has 3 aromatic carbocycles. The monoisotopic (exact) mass is 2080 g/mol. The summed E-state index contributed by atoms with van der Waals surface area (Å²) in [6, 6.07) is 23.0. The summed E-state index contributed by atoms with van der Waals surface area (Å²) in [5.74, 6) is -9.02. The van der Waals surface area contributed by atoms with Crippen LogP contribution in [0.5, 0.6) is 11.8 Å². The summed E-state index contributed by atoms with van der Waals surface area (Å²) in [7, 11) is 2.78. The third kappa shape index (κ3) is 41.9. The van der Waals surface area contributed by atoms with E-state index in [1.54, 1.807) is 54.7 Å². The van der Waals surface area contributed by atoms with E-state index in [-0.39, 0.29) is 139 Å². The highest BCUT2D eigenvalue weighted by molar-refractivity contribution is 7.80. The normalized spacial score (nSPS) is 19.4. The summed E-state index contributed by atoms with van der Waals surface area (Å²) in [6.07, 6.45) is 10.1. The van der Waals surface area contributed by atoms with E-state index >= 15 is 28.8 Å². The maximum absolute atomic E-state index is 15.5. The Morgan fingerprint density at radius 2 is 1.26 bits per heavy atom. The SMILES string of the molecule is CCCC[C@H](CC(=O)CN1CCC(NC(=O)C(CCCCCC(=S)Cc2cc(CN3CCOCCOCCN(Cc4cccc(OC=O)n4)CCOCCOCC3)nc(OC=O)c2)NC(=O)CNC(=O)CCCc2ccc(C)cc2)CC1)C(=O)N[C@H]1CC(=O)NCCCC[C@@H](C(N)=O)N(C)C(=O)[C@H](Cc2c[nH]c3ccccc23)NC(=O)[C@H](CCCNC(=N)N)N(C)C(=O)[C@@H](Cc2ccccc2)NC(=O)[C@H](Cc2cnc[nH]2)NC1=O. The summed E-state index contributed by atoms with van der Waals surface area (Å²) < 4.78 is 34.2. The summed E-state index contributed by atoms with van der Waals surface area (Å²) in [5.41, 5.74) is 18.4. The molecule has 149 heavy (non-hydrogen) atoms. The van der Waals surface area contributed by atoms with Crippen molar-refractivity contribution in [2.75, 3.05) is 132 Å². The highest BCUT2D eigenvalue weighted by Gasteiger charge is 2.40. The van der Waals surface area contributed by atoms with Gasteiger partial charge in [-0.1, -0.05) is 129 Å². The van der Waals surface area contributed by atoms with E-state index in [4.69, 9.17) is 57.5 Å². The molecule has 0 spiro atoms. The number of thiocarbonyl (C=S) groups is 1. The minimum absolute atomic E-state index is 0.00826. The molecule has 16 N–H and O–H groups in total. The van der Waals surface area contributed by atoms with Crippen molar-refractivity contribution in [2.24, 2.45) is 17.4 Å². The minimum atomic E-state index is -1.69. The number of unbranched alkanes of at least 4 members (excludes halogenated alkanes) is 3. The molecule has 808 valence electrons. The zero-order valence-corrected chi connectivity index (χ0v) is 86.7. The summed E-state index contributed by atoms with van der Waals surface area (Å²) in [4.78, 5) is 227. The number of piperidine rings is 1. The van der Waals surface area contributed by atoms with Crippen molar-refractivity contribution in [3.63, 3.8) is 0 Å². The zero-order valence-electron chi connectivity index (χ0n) is 85.9. The van der Waals surface area contributed by atoms with Crippen molar-refractivity contribution in [1.29, 1.82) is 5.41 Å². The van der Waals surface area contributed by atoms with Crippen LogP contribution in [-0.2, 0) is 131 Å². The average Bonchev–Trinajstić information content (AvgIpc) is 1.71. The Balaban J connectivity index is 0.773. The van der Waals surface area contributed by atoms with Crippen LogP contribution >= 0.6 is 12.2 Å². The van der Waals surface area contributed by atoms with Crippen molar-refractivity contribution >= 4 is 118 Å². The lowest BCUT2D eigenvalue weighted by Gasteiger charge is -2.34. The number of pyridine rings is 2. The number of nitrogens with two attached hydrogens (primary N) is 2. The molecule has 1 unspecified atom stereocenters. The lowest BCUT2D eigenvalue weighted by atomic mass is 9.94. The van der Waals surface area contributed by atoms with E-state index in [0.29, 0.717) is 211 Å². The van der Waals surface area contributed by atoms with Gasteiger partial charge in [-0.3, -0.25) is 87.2 Å². The first-order chi connectivity index (χ1) is 72.1. The van der Waals surface area contributed by atoms with E-state index in [1.165, 1.54) is 31.5 Å². The standard InChI is InChI=1S/C106H148N22O20S/c1-5-6-23-76(99(136)120-88-62-94(133)111-39-16-15-29-91(98(107)135)124(3)105(142)90(60-77-63-113-85-27-14-13-26-84(77)85)123-103(140)92(30-19-40-112-106(108)109)125(4)104(141)89(57-74-20-9-7-10-21-74)122-101(138)87(121-102(88)139)61-80-64-110-69-115-80)59-82(131)68-126-41-37-78(38-42-126)118-100(137)86(119-95(134)65-114-93(132)31-17-22-73-35-33-72(2)34-36-73)28-12-8-11-25-83(149)56-75-55-81(117-97(58-75)148-71-130)67-128-45-49-145-53-51-143-47-43-127(44-48-144-52-54-146-50-46-128)66-79-24-18-32-96(116-79)147-70-129/h7,9-10,13-14,18,20-21,24,26-27,32-36,55,58,63-64,69-71,76,78,86-92,113H,5-6,8,11-12,15-17,19,22-23,25,28-31,37-54,56-57,59-62,65-68H2,1-4H3,(H2,107,135)(H,110,115)(H,111,133)(H,114,132)(H,118,137)(H,119,134)(H,120,136)(H,121,139)(H,122,138)(H,123,140)(H4,108,109,112)/t76-,86?,87+,88+,89-,90+,91+,92+/m1/s1. The molecule has 0 radical (unpaired) electrons. The fraction of sp³-hybridized carbons (Fsp3) is 0.538. The van der Waals surface area contributed by atoms with Crippen molar-refractivity contribution in [3.8, 4) is 11.8 Å². The topological polar surface area (TPSA) is 565 Å². The van der Waals surface area contributed by atoms with Gasteiger partial charge in [0.15, 0.2) is 5.96 Å². The number of likely N-dealkylation sites (N-methyl/N-ethyl adjacent to an activating group) is 2. The molecular formula is C106H148N22O20S. The number of nitrogens with zero attached hydrogens (tertiary/aromatic N) is 8. The predicted molar refractivity (Wildman–Crippen MR) is 559 cm³/mol. The number of benzene rings is 3. The number of imidazole rings is 1. The zero-order chi connectivity index (χ0) is 107. The van der Waals surface area contributed by atoms with Crippen molar-refractivity contribution in [1.82, 2.24) is 97.3 Å². The van der Waals surface area contributed by atoms with Crippen LogP contribution in [0.25, 0.3) is 10.9 Å².